The SMILES string of the molecule is CCO[C@H]1CC(=O)[C@@]2(C(C)C)C[C@H]2C1. The molecule has 0 saturated heterocycles. The molecule has 0 heterocycles. The molecule has 0 aromatic heterocycles. The molecule has 3 atom stereocenters. The molecule has 14 heavy (non-hydrogen) atoms. The number of ketones is 1. The van der Waals surface area contributed by atoms with Crippen LogP contribution in [0.1, 0.15) is 40.0 Å². The quantitative estimate of drug-likeness (QED) is 0.693. The highest BCUT2D eigenvalue weighted by atomic mass is 16.5. The lowest BCUT2D eigenvalue weighted by Crippen LogP contribution is -2.34. The van der Waals surface area contributed by atoms with E-state index in [1.54, 1.807) is 0 Å². The summed E-state index contributed by atoms with van der Waals surface area (Å²) >= 11 is 0. The lowest BCUT2D eigenvalue weighted by atomic mass is 9.78. The fraction of sp³-hybridized carbons (Fsp3) is 0.917. The van der Waals surface area contributed by atoms with Crippen molar-refractivity contribution < 1.29 is 9.53 Å². The molecule has 80 valence electrons. The summed E-state index contributed by atoms with van der Waals surface area (Å²) < 4.78 is 5.55. The molecule has 2 saturated carbocycles. The van der Waals surface area contributed by atoms with Crippen LogP contribution in [-0.2, 0) is 9.53 Å². The molecular formula is C12H20O2. The van der Waals surface area contributed by atoms with Crippen molar-refractivity contribution in [1.82, 2.24) is 0 Å². The van der Waals surface area contributed by atoms with E-state index in [1.165, 1.54) is 0 Å². The van der Waals surface area contributed by atoms with Crippen molar-refractivity contribution in [1.29, 1.82) is 0 Å². The maximum atomic E-state index is 12.0. The van der Waals surface area contributed by atoms with Gasteiger partial charge in [-0.15, -0.1) is 0 Å². The molecule has 2 nitrogen and oxygen atoms in total. The van der Waals surface area contributed by atoms with Crippen LogP contribution in [0.4, 0.5) is 0 Å². The van der Waals surface area contributed by atoms with Crippen LogP contribution in [-0.4, -0.2) is 18.5 Å². The minimum Gasteiger partial charge on any atom is -0.378 e. The average molecular weight is 196 g/mol. The first-order valence-corrected chi connectivity index (χ1v) is 5.76. The van der Waals surface area contributed by atoms with Crippen molar-refractivity contribution >= 4 is 5.78 Å². The lowest BCUT2D eigenvalue weighted by molar-refractivity contribution is -0.132. The first-order valence-electron chi connectivity index (χ1n) is 5.76. The monoisotopic (exact) mass is 196 g/mol. The van der Waals surface area contributed by atoms with Crippen LogP contribution in [0.3, 0.4) is 0 Å². The Morgan fingerprint density at radius 1 is 1.57 bits per heavy atom. The second-order valence-corrected chi connectivity index (χ2v) is 5.04. The van der Waals surface area contributed by atoms with E-state index in [0.717, 1.165) is 19.4 Å². The predicted molar refractivity (Wildman–Crippen MR) is 55.0 cm³/mol. The predicted octanol–water partition coefficient (Wildman–Crippen LogP) is 2.42. The smallest absolute Gasteiger partial charge is 0.142 e. The number of hydrogen-bond donors (Lipinski definition) is 0. The van der Waals surface area contributed by atoms with E-state index in [-0.39, 0.29) is 11.5 Å². The standard InChI is InChI=1S/C12H20O2/c1-4-14-10-5-9-7-12(9,8(2)3)11(13)6-10/h8-10H,4-7H2,1-3H3/t9-,10-,12-/m1/s1. The van der Waals surface area contributed by atoms with Gasteiger partial charge in [-0.25, -0.2) is 0 Å². The molecular weight excluding hydrogens is 176 g/mol. The number of Topliss-reactive ketones (excluding diaryl/α,β-unsaturated/α-hetero) is 1. The summed E-state index contributed by atoms with van der Waals surface area (Å²) in [5.41, 5.74) is 0.0631. The Hall–Kier alpha value is -0.370. The van der Waals surface area contributed by atoms with Gasteiger partial charge in [-0.1, -0.05) is 13.8 Å². The Bertz CT molecular complexity index is 247. The van der Waals surface area contributed by atoms with Crippen molar-refractivity contribution in [3.8, 4) is 0 Å². The van der Waals surface area contributed by atoms with E-state index in [2.05, 4.69) is 13.8 Å². The lowest BCUT2D eigenvalue weighted by Gasteiger charge is -2.29. The van der Waals surface area contributed by atoms with E-state index < -0.39 is 0 Å². The molecule has 0 aromatic rings. The molecule has 2 aliphatic carbocycles. The molecule has 2 aliphatic rings. The Labute approximate surface area is 86.0 Å². The van der Waals surface area contributed by atoms with E-state index in [4.69, 9.17) is 4.74 Å². The van der Waals surface area contributed by atoms with Gasteiger partial charge >= 0.3 is 0 Å². The molecule has 2 heteroatoms. The third kappa shape index (κ3) is 1.31. The van der Waals surface area contributed by atoms with Gasteiger partial charge in [-0.05, 0) is 31.6 Å². The van der Waals surface area contributed by atoms with Crippen LogP contribution < -0.4 is 0 Å². The molecule has 2 fully saturated rings. The first kappa shape index (κ1) is 10.2. The first-order chi connectivity index (χ1) is 6.61. The van der Waals surface area contributed by atoms with Crippen molar-refractivity contribution in [2.75, 3.05) is 6.61 Å². The number of rotatable bonds is 3. The summed E-state index contributed by atoms with van der Waals surface area (Å²) in [6, 6.07) is 0. The topological polar surface area (TPSA) is 26.3 Å². The minimum absolute atomic E-state index is 0.0631. The Morgan fingerprint density at radius 3 is 2.79 bits per heavy atom. The highest BCUT2D eigenvalue weighted by Gasteiger charge is 2.63. The number of carbonyl (C=O) groups is 1. The molecule has 0 aromatic carbocycles. The van der Waals surface area contributed by atoms with Gasteiger partial charge in [0.05, 0.1) is 6.10 Å². The fourth-order valence-electron chi connectivity index (χ4n) is 3.17. The molecule has 0 spiro atoms. The van der Waals surface area contributed by atoms with Crippen molar-refractivity contribution in [2.45, 2.75) is 46.1 Å². The number of fused-ring (bicyclic) bond motifs is 1. The summed E-state index contributed by atoms with van der Waals surface area (Å²) in [7, 11) is 0. The Kier molecular flexibility index (Phi) is 2.42. The van der Waals surface area contributed by atoms with E-state index >= 15 is 0 Å². The number of carbonyl (C=O) groups excluding carboxylic acids is 1. The van der Waals surface area contributed by atoms with Crippen molar-refractivity contribution in [3.63, 3.8) is 0 Å². The van der Waals surface area contributed by atoms with Crippen LogP contribution in [0.2, 0.25) is 0 Å². The zero-order valence-corrected chi connectivity index (χ0v) is 9.38. The largest absolute Gasteiger partial charge is 0.378 e. The zero-order valence-electron chi connectivity index (χ0n) is 9.38. The second-order valence-electron chi connectivity index (χ2n) is 5.04. The Morgan fingerprint density at radius 2 is 2.29 bits per heavy atom. The summed E-state index contributed by atoms with van der Waals surface area (Å²) in [4.78, 5) is 12.0. The van der Waals surface area contributed by atoms with Gasteiger partial charge in [-0.3, -0.25) is 4.79 Å². The van der Waals surface area contributed by atoms with E-state index in [9.17, 15) is 4.79 Å². The van der Waals surface area contributed by atoms with Gasteiger partial charge in [0.1, 0.15) is 5.78 Å². The van der Waals surface area contributed by atoms with Gasteiger partial charge < -0.3 is 4.74 Å². The second kappa shape index (κ2) is 3.34. The van der Waals surface area contributed by atoms with Gasteiger partial charge in [0.15, 0.2) is 0 Å². The maximum Gasteiger partial charge on any atom is 0.142 e. The van der Waals surface area contributed by atoms with Crippen LogP contribution in [0, 0.1) is 17.3 Å². The highest BCUT2D eigenvalue weighted by Crippen LogP contribution is 2.63. The highest BCUT2D eigenvalue weighted by molar-refractivity contribution is 5.89. The summed E-state index contributed by atoms with van der Waals surface area (Å²) in [6.07, 6.45) is 3.10. The third-order valence-corrected chi connectivity index (χ3v) is 4.06. The van der Waals surface area contributed by atoms with Crippen LogP contribution >= 0.6 is 0 Å². The number of ether oxygens (including phenoxy) is 1. The van der Waals surface area contributed by atoms with Crippen molar-refractivity contribution in [3.05, 3.63) is 0 Å². The van der Waals surface area contributed by atoms with Crippen LogP contribution in [0.15, 0.2) is 0 Å². The summed E-state index contributed by atoms with van der Waals surface area (Å²) in [6.45, 7) is 7.10. The van der Waals surface area contributed by atoms with E-state index in [0.29, 0.717) is 24.0 Å². The van der Waals surface area contributed by atoms with Crippen molar-refractivity contribution in [2.24, 2.45) is 17.3 Å². The number of hydrogen-bond acceptors (Lipinski definition) is 2. The van der Waals surface area contributed by atoms with Gasteiger partial charge in [-0.2, -0.15) is 0 Å². The molecule has 0 amide bonds. The Balaban J connectivity index is 2.03. The van der Waals surface area contributed by atoms with Gasteiger partial charge in [0.25, 0.3) is 0 Å². The summed E-state index contributed by atoms with van der Waals surface area (Å²) in [5, 5.41) is 0. The molecule has 0 N–H and O–H groups in total. The van der Waals surface area contributed by atoms with Gasteiger partial charge in [0.2, 0.25) is 0 Å². The molecule has 2 rings (SSSR count). The molecule has 0 unspecified atom stereocenters. The van der Waals surface area contributed by atoms with Crippen LogP contribution in [0.5, 0.6) is 0 Å². The van der Waals surface area contributed by atoms with Gasteiger partial charge in [0, 0.05) is 18.4 Å². The third-order valence-electron chi connectivity index (χ3n) is 4.06. The summed E-state index contributed by atoms with van der Waals surface area (Å²) in [5.74, 6) is 1.60. The maximum absolute atomic E-state index is 12.0. The molecule has 0 bridgehead atoms. The fourth-order valence-corrected chi connectivity index (χ4v) is 3.17. The normalized spacial score (nSPS) is 41.3. The molecule has 0 aliphatic heterocycles. The zero-order chi connectivity index (χ0) is 10.3. The van der Waals surface area contributed by atoms with E-state index in [1.807, 2.05) is 6.92 Å². The average Bonchev–Trinajstić information content (AvgIpc) is 2.80. The molecule has 0 radical (unpaired) electrons. The van der Waals surface area contributed by atoms with Crippen LogP contribution in [0.25, 0.3) is 0 Å². The minimum atomic E-state index is 0.0631.